The summed E-state index contributed by atoms with van der Waals surface area (Å²) in [5.74, 6) is -2.25. The first-order valence-electron chi connectivity index (χ1n) is 17.3. The van der Waals surface area contributed by atoms with E-state index in [0.29, 0.717) is 43.2 Å². The number of Topliss-reactive ketones (excluding diaryl/α,β-unsaturated/α-hetero) is 1. The van der Waals surface area contributed by atoms with E-state index in [2.05, 4.69) is 38.1 Å². The Bertz CT molecular complexity index is 1970. The molecule has 0 saturated carbocycles. The molecule has 1 N–H and O–H groups in total. The number of aliphatic hydroxyl groups excluding tert-OH is 1. The molecule has 0 bridgehead atoms. The Morgan fingerprint density at radius 1 is 1.02 bits per heavy atom. The average molecular weight is 791 g/mol. The predicted octanol–water partition coefficient (Wildman–Crippen LogP) is 9.84. The third kappa shape index (κ3) is 11.5. The fourth-order valence-electron chi connectivity index (χ4n) is 6.01. The smallest absolute Gasteiger partial charge is 0.416 e. The number of nitro benzene ring substituents is 1. The zero-order valence-corrected chi connectivity index (χ0v) is 32.1. The summed E-state index contributed by atoms with van der Waals surface area (Å²) >= 11 is 5.83. The average Bonchev–Trinajstić information content (AvgIpc) is 3.09. The van der Waals surface area contributed by atoms with Crippen LogP contribution in [0.2, 0.25) is 5.02 Å². The number of carbonyl (C=O) groups is 3. The first-order valence-corrected chi connectivity index (χ1v) is 17.6. The number of carbonyl (C=O) groups excluding carboxylic acids is 3. The summed E-state index contributed by atoms with van der Waals surface area (Å²) in [6.07, 6.45) is -4.52. The Morgan fingerprint density at radius 3 is 2.20 bits per heavy atom. The molecule has 0 spiro atoms. The Balaban J connectivity index is 0.000000305. The number of aliphatic hydroxyl groups is 1. The number of allylic oxidation sites excluding steroid dienone is 2. The summed E-state index contributed by atoms with van der Waals surface area (Å²) in [5.41, 5.74) is 3.48. The van der Waals surface area contributed by atoms with Gasteiger partial charge >= 0.3 is 18.1 Å². The van der Waals surface area contributed by atoms with E-state index in [1.807, 2.05) is 13.8 Å². The van der Waals surface area contributed by atoms with Gasteiger partial charge in [0.1, 0.15) is 29.4 Å². The number of ether oxygens (including phenoxy) is 3. The number of aryl methyl sites for hydroxylation is 3. The molecule has 0 saturated heterocycles. The highest BCUT2D eigenvalue weighted by Gasteiger charge is 2.33. The van der Waals surface area contributed by atoms with Crippen molar-refractivity contribution in [2.75, 3.05) is 13.2 Å². The zero-order chi connectivity index (χ0) is 41.2. The van der Waals surface area contributed by atoms with Gasteiger partial charge in [0.2, 0.25) is 0 Å². The van der Waals surface area contributed by atoms with Crippen molar-refractivity contribution in [3.05, 3.63) is 108 Å². The number of hydrogen-bond donors (Lipinski definition) is 1. The molecule has 3 aromatic carbocycles. The van der Waals surface area contributed by atoms with Crippen LogP contribution in [0.25, 0.3) is 0 Å². The van der Waals surface area contributed by atoms with Gasteiger partial charge in [-0.15, -0.1) is 0 Å². The zero-order valence-electron chi connectivity index (χ0n) is 31.3. The number of nitro groups is 1. The number of ketones is 1. The summed E-state index contributed by atoms with van der Waals surface area (Å²) < 4.78 is 53.2. The van der Waals surface area contributed by atoms with Gasteiger partial charge in [-0.25, -0.2) is 9.59 Å². The lowest BCUT2D eigenvalue weighted by molar-refractivity contribution is -0.385. The van der Waals surface area contributed by atoms with Gasteiger partial charge in [-0.2, -0.15) is 13.2 Å². The first kappa shape index (κ1) is 44.0. The molecule has 12 nitrogen and oxygen atoms in total. The van der Waals surface area contributed by atoms with E-state index >= 15 is 0 Å². The maximum atomic E-state index is 12.8. The number of oxime groups is 1. The van der Waals surface area contributed by atoms with Crippen LogP contribution in [0.1, 0.15) is 91.1 Å². The fourth-order valence-corrected chi connectivity index (χ4v) is 6.23. The molecule has 0 fully saturated rings. The molecule has 296 valence electrons. The Labute approximate surface area is 321 Å². The first-order chi connectivity index (χ1) is 25.8. The van der Waals surface area contributed by atoms with Crippen LogP contribution in [0.15, 0.2) is 65.0 Å². The van der Waals surface area contributed by atoms with Crippen molar-refractivity contribution in [3.8, 4) is 11.5 Å². The minimum Gasteiger partial charge on any atom is -0.511 e. The molecule has 4 rings (SSSR count). The van der Waals surface area contributed by atoms with Crippen molar-refractivity contribution < 1.29 is 56.6 Å². The van der Waals surface area contributed by atoms with Gasteiger partial charge < -0.3 is 24.2 Å². The third-order valence-corrected chi connectivity index (χ3v) is 8.58. The van der Waals surface area contributed by atoms with Crippen LogP contribution < -0.4 is 4.74 Å². The normalized spacial score (nSPS) is 15.1. The minimum atomic E-state index is -4.61. The highest BCUT2D eigenvalue weighted by Crippen LogP contribution is 2.39. The largest absolute Gasteiger partial charge is 0.511 e. The molecule has 2 unspecified atom stereocenters. The maximum absolute atomic E-state index is 12.8. The Morgan fingerprint density at radius 2 is 1.67 bits per heavy atom. The van der Waals surface area contributed by atoms with Crippen molar-refractivity contribution >= 4 is 40.7 Å². The summed E-state index contributed by atoms with van der Waals surface area (Å²) in [6.45, 7) is 13.2. The van der Waals surface area contributed by atoms with E-state index in [1.165, 1.54) is 29.2 Å². The number of alkyl halides is 3. The van der Waals surface area contributed by atoms with Crippen molar-refractivity contribution in [2.45, 2.75) is 85.9 Å². The highest BCUT2D eigenvalue weighted by molar-refractivity contribution is 6.32. The number of halogens is 4. The standard InChI is InChI=1S/C20H27NO3.C19H15ClF3NO7/c1-6-16(21-24-7-2)20-17(22)10-15(11-18(20)23)19-13(4)8-12(3)9-14(19)5;1-3-29-17(25)10(2)30-18(26)13-9-12(5-6-15(13)24(27)28)31-16-7-4-11(8-14(16)20)19(21,22)23/h8-9,15,22H,6-7,10-11H2,1-5H3;4-10H,3H2,1-2H3/b21-16+;. The van der Waals surface area contributed by atoms with Gasteiger partial charge in [0.05, 0.1) is 33.4 Å². The second-order valence-corrected chi connectivity index (χ2v) is 12.9. The van der Waals surface area contributed by atoms with Crippen LogP contribution in [0.5, 0.6) is 11.5 Å². The van der Waals surface area contributed by atoms with Crippen LogP contribution in [0.3, 0.4) is 0 Å². The van der Waals surface area contributed by atoms with Gasteiger partial charge in [-0.05, 0) is 94.8 Å². The van der Waals surface area contributed by atoms with Crippen molar-refractivity contribution in [1.29, 1.82) is 0 Å². The van der Waals surface area contributed by atoms with Crippen LogP contribution in [-0.2, 0) is 30.1 Å². The van der Waals surface area contributed by atoms with E-state index in [0.717, 1.165) is 30.3 Å². The van der Waals surface area contributed by atoms with Crippen LogP contribution in [0.4, 0.5) is 18.9 Å². The molecule has 0 heterocycles. The van der Waals surface area contributed by atoms with E-state index in [-0.39, 0.29) is 40.6 Å². The lowest BCUT2D eigenvalue weighted by Crippen LogP contribution is -2.26. The molecule has 16 heteroatoms. The fraction of sp³-hybridized carbons (Fsp3) is 0.385. The lowest BCUT2D eigenvalue weighted by Gasteiger charge is -2.27. The van der Waals surface area contributed by atoms with Crippen molar-refractivity contribution in [3.63, 3.8) is 0 Å². The molecule has 1 aliphatic carbocycles. The molecule has 0 radical (unpaired) electrons. The second-order valence-electron chi connectivity index (χ2n) is 12.5. The molecule has 55 heavy (non-hydrogen) atoms. The van der Waals surface area contributed by atoms with E-state index in [9.17, 15) is 42.8 Å². The van der Waals surface area contributed by atoms with Crippen molar-refractivity contribution in [2.24, 2.45) is 5.16 Å². The van der Waals surface area contributed by atoms with Crippen LogP contribution >= 0.6 is 11.6 Å². The van der Waals surface area contributed by atoms with Gasteiger partial charge in [0.15, 0.2) is 11.9 Å². The summed E-state index contributed by atoms with van der Waals surface area (Å²) in [4.78, 5) is 52.2. The summed E-state index contributed by atoms with van der Waals surface area (Å²) in [6, 6.07) is 9.64. The molecule has 0 aliphatic heterocycles. The monoisotopic (exact) mass is 790 g/mol. The number of esters is 2. The summed E-state index contributed by atoms with van der Waals surface area (Å²) in [5, 5.41) is 25.4. The summed E-state index contributed by atoms with van der Waals surface area (Å²) in [7, 11) is 0. The van der Waals surface area contributed by atoms with E-state index < -0.39 is 46.0 Å². The van der Waals surface area contributed by atoms with Crippen molar-refractivity contribution in [1.82, 2.24) is 0 Å². The molecule has 3 aromatic rings. The second kappa shape index (κ2) is 19.2. The Hall–Kier alpha value is -5.44. The molecule has 0 aromatic heterocycles. The maximum Gasteiger partial charge on any atom is 0.416 e. The van der Waals surface area contributed by atoms with E-state index in [1.54, 1.807) is 6.92 Å². The third-order valence-electron chi connectivity index (χ3n) is 8.29. The topological polar surface area (TPSA) is 164 Å². The molecular formula is C39H42ClF3N2O10. The lowest BCUT2D eigenvalue weighted by atomic mass is 9.78. The Kier molecular flexibility index (Phi) is 15.4. The van der Waals surface area contributed by atoms with Gasteiger partial charge in [-0.3, -0.25) is 14.9 Å². The predicted molar refractivity (Wildman–Crippen MR) is 198 cm³/mol. The quantitative estimate of drug-likeness (QED) is 0.0808. The minimum absolute atomic E-state index is 0.0204. The van der Waals surface area contributed by atoms with E-state index in [4.69, 9.17) is 30.6 Å². The molecule has 2 atom stereocenters. The number of hydrogen-bond acceptors (Lipinski definition) is 11. The molecular weight excluding hydrogens is 749 g/mol. The van der Waals surface area contributed by atoms with Gasteiger partial charge in [0.25, 0.3) is 5.69 Å². The molecule has 0 amide bonds. The van der Waals surface area contributed by atoms with Crippen LogP contribution in [-0.4, -0.2) is 52.8 Å². The number of benzene rings is 3. The number of nitrogens with zero attached hydrogens (tertiary/aromatic N) is 2. The van der Waals surface area contributed by atoms with Crippen LogP contribution in [0, 0.1) is 30.9 Å². The van der Waals surface area contributed by atoms with Gasteiger partial charge in [0, 0.05) is 25.0 Å². The highest BCUT2D eigenvalue weighted by atomic mass is 35.5. The SMILES string of the molecule is CCO/N=C(\CC)C1=C(O)CC(c2c(C)cc(C)cc2C)CC1=O.CCOC(=O)C(C)OC(=O)c1cc(Oc2ccc(C(F)(F)F)cc2Cl)ccc1[N+](=O)[O-]. The number of rotatable bonds is 12. The molecule has 1 aliphatic rings. The van der Waals surface area contributed by atoms with Gasteiger partial charge in [-0.1, -0.05) is 41.4 Å².